The number of nitrogens with zero attached hydrogens (tertiary/aromatic N) is 1. The predicted octanol–water partition coefficient (Wildman–Crippen LogP) is 8.25. The first kappa shape index (κ1) is 30.5. The molecular weight excluding hydrogens is 527 g/mol. The zero-order valence-corrected chi connectivity index (χ0v) is 23.0. The zero-order valence-electron chi connectivity index (χ0n) is 22.3. The highest BCUT2D eigenvalue weighted by Crippen LogP contribution is 2.37. The van der Waals surface area contributed by atoms with E-state index in [0.717, 1.165) is 18.6 Å². The number of alkyl halides is 3. The van der Waals surface area contributed by atoms with Crippen molar-refractivity contribution in [1.29, 1.82) is 0 Å². The van der Waals surface area contributed by atoms with Crippen LogP contribution in [-0.4, -0.2) is 35.7 Å². The maximum atomic E-state index is 13.5. The second-order valence-corrected chi connectivity index (χ2v) is 10.6. The molecule has 1 unspecified atom stereocenters. The van der Waals surface area contributed by atoms with E-state index in [4.69, 9.17) is 21.4 Å². The molecule has 1 N–H and O–H groups in total. The largest absolute Gasteiger partial charge is 0.498 e. The minimum Gasteiger partial charge on any atom is -0.498 e. The summed E-state index contributed by atoms with van der Waals surface area (Å²) < 4.78 is 46.4. The minimum absolute atomic E-state index is 0.201. The molecule has 0 saturated carbocycles. The second kappa shape index (κ2) is 14.4. The molecule has 4 nitrogen and oxygen atoms in total. The van der Waals surface area contributed by atoms with Crippen molar-refractivity contribution < 1.29 is 27.8 Å². The Bertz CT molecular complexity index is 1190. The Morgan fingerprint density at radius 3 is 2.56 bits per heavy atom. The number of ether oxygens (including phenoxy) is 1. The fourth-order valence-corrected chi connectivity index (χ4v) is 5.06. The van der Waals surface area contributed by atoms with Crippen LogP contribution in [-0.2, 0) is 22.3 Å². The lowest BCUT2D eigenvalue weighted by Gasteiger charge is -2.30. The number of carboxylic acid groups (broad SMARTS) is 1. The SMILES string of the molecule is CC(C)CC(CN(CCCOC1=CC=C/C(=C\C(=O)O)C1)Cc1cccc(C(F)(F)F)c1Cl)c1ccccc1. The van der Waals surface area contributed by atoms with Gasteiger partial charge in [-0.3, -0.25) is 4.90 Å². The summed E-state index contributed by atoms with van der Waals surface area (Å²) in [5.74, 6) is 0.317. The van der Waals surface area contributed by atoms with Crippen LogP contribution in [0.15, 0.2) is 84.2 Å². The standard InChI is InChI=1S/C31H35ClF3NO3/c1-22(2)17-26(24-10-4-3-5-11-24)21-36(20-25-12-7-14-28(30(25)32)31(33,34)35)15-8-16-39-27-13-6-9-23(18-27)19-29(37)38/h3-7,9-14,19,22,26H,8,15-18,20-21H2,1-2H3,(H,37,38)/b23-19+. The summed E-state index contributed by atoms with van der Waals surface area (Å²) in [5, 5.41) is 8.73. The van der Waals surface area contributed by atoms with Gasteiger partial charge in [-0.2, -0.15) is 13.2 Å². The monoisotopic (exact) mass is 561 g/mol. The van der Waals surface area contributed by atoms with E-state index >= 15 is 0 Å². The van der Waals surface area contributed by atoms with Crippen molar-refractivity contribution in [2.75, 3.05) is 19.7 Å². The molecule has 8 heteroatoms. The number of benzene rings is 2. The van der Waals surface area contributed by atoms with Crippen molar-refractivity contribution in [1.82, 2.24) is 4.90 Å². The van der Waals surface area contributed by atoms with Crippen molar-refractivity contribution in [3.8, 4) is 0 Å². The first-order chi connectivity index (χ1) is 18.5. The van der Waals surface area contributed by atoms with Gasteiger partial charge in [-0.05, 0) is 53.5 Å². The zero-order chi connectivity index (χ0) is 28.4. The highest BCUT2D eigenvalue weighted by atomic mass is 35.5. The molecule has 1 aliphatic carbocycles. The Balaban J connectivity index is 1.74. The molecular formula is C31H35ClF3NO3. The van der Waals surface area contributed by atoms with Gasteiger partial charge in [0.15, 0.2) is 0 Å². The van der Waals surface area contributed by atoms with Crippen LogP contribution in [0.3, 0.4) is 0 Å². The summed E-state index contributed by atoms with van der Waals surface area (Å²) in [5.41, 5.74) is 1.46. The number of halogens is 4. The fraction of sp³-hybridized carbons (Fsp3) is 0.387. The molecule has 39 heavy (non-hydrogen) atoms. The molecule has 0 aliphatic heterocycles. The van der Waals surface area contributed by atoms with E-state index in [1.807, 2.05) is 24.3 Å². The van der Waals surface area contributed by atoms with Crippen LogP contribution in [0.25, 0.3) is 0 Å². The van der Waals surface area contributed by atoms with Crippen LogP contribution >= 0.6 is 11.6 Å². The van der Waals surface area contributed by atoms with Crippen LogP contribution in [0.5, 0.6) is 0 Å². The summed E-state index contributed by atoms with van der Waals surface area (Å²) >= 11 is 6.26. The van der Waals surface area contributed by atoms with Crippen molar-refractivity contribution in [3.05, 3.63) is 106 Å². The number of carboxylic acids is 1. The Kier molecular flexibility index (Phi) is 11.3. The molecule has 0 radical (unpaired) electrons. The first-order valence-electron chi connectivity index (χ1n) is 13.1. The number of allylic oxidation sites excluding steroid dienone is 4. The molecule has 0 bridgehead atoms. The molecule has 0 aromatic heterocycles. The van der Waals surface area contributed by atoms with Crippen LogP contribution < -0.4 is 0 Å². The lowest BCUT2D eigenvalue weighted by atomic mass is 9.89. The van der Waals surface area contributed by atoms with Gasteiger partial charge in [-0.15, -0.1) is 0 Å². The van der Waals surface area contributed by atoms with E-state index in [1.165, 1.54) is 11.6 Å². The van der Waals surface area contributed by atoms with Crippen molar-refractivity contribution in [2.45, 2.75) is 51.7 Å². The van der Waals surface area contributed by atoms with Gasteiger partial charge in [0.1, 0.15) is 5.76 Å². The number of aliphatic carboxylic acids is 1. The van der Waals surface area contributed by atoms with E-state index in [2.05, 4.69) is 30.9 Å². The number of hydrogen-bond acceptors (Lipinski definition) is 3. The van der Waals surface area contributed by atoms with Crippen LogP contribution in [0, 0.1) is 5.92 Å². The molecule has 3 rings (SSSR count). The molecule has 1 aliphatic rings. The van der Waals surface area contributed by atoms with Gasteiger partial charge in [0.25, 0.3) is 0 Å². The Labute approximate surface area is 233 Å². The van der Waals surface area contributed by atoms with Gasteiger partial charge in [0, 0.05) is 32.1 Å². The fourth-order valence-electron chi connectivity index (χ4n) is 4.76. The molecule has 0 spiro atoms. The summed E-state index contributed by atoms with van der Waals surface area (Å²) in [6, 6.07) is 14.2. The maximum Gasteiger partial charge on any atom is 0.417 e. The van der Waals surface area contributed by atoms with Crippen LogP contribution in [0.4, 0.5) is 13.2 Å². The lowest BCUT2D eigenvalue weighted by molar-refractivity contribution is -0.137. The van der Waals surface area contributed by atoms with Crippen LogP contribution in [0.1, 0.15) is 55.7 Å². The lowest BCUT2D eigenvalue weighted by Crippen LogP contribution is -2.31. The molecule has 2 aromatic carbocycles. The average Bonchev–Trinajstić information content (AvgIpc) is 2.86. The normalized spacial score (nSPS) is 15.6. The molecule has 1 atom stereocenters. The van der Waals surface area contributed by atoms with Crippen molar-refractivity contribution in [2.24, 2.45) is 5.92 Å². The highest BCUT2D eigenvalue weighted by Gasteiger charge is 2.34. The second-order valence-electron chi connectivity index (χ2n) is 10.2. The molecule has 0 fully saturated rings. The van der Waals surface area contributed by atoms with Gasteiger partial charge in [0.05, 0.1) is 17.2 Å². The van der Waals surface area contributed by atoms with Gasteiger partial charge in [0.2, 0.25) is 0 Å². The third-order valence-electron chi connectivity index (χ3n) is 6.47. The molecule has 0 saturated heterocycles. The maximum absolute atomic E-state index is 13.5. The third-order valence-corrected chi connectivity index (χ3v) is 6.92. The van der Waals surface area contributed by atoms with Crippen LogP contribution in [0.2, 0.25) is 5.02 Å². The van der Waals surface area contributed by atoms with Gasteiger partial charge < -0.3 is 9.84 Å². The minimum atomic E-state index is -4.52. The molecule has 2 aromatic rings. The quantitative estimate of drug-likeness (QED) is 0.197. The van der Waals surface area contributed by atoms with Crippen molar-refractivity contribution in [3.63, 3.8) is 0 Å². The summed E-state index contributed by atoms with van der Waals surface area (Å²) in [6.45, 7) is 6.25. The van der Waals surface area contributed by atoms with Crippen molar-refractivity contribution >= 4 is 17.6 Å². The van der Waals surface area contributed by atoms with E-state index < -0.39 is 17.7 Å². The van der Waals surface area contributed by atoms with E-state index in [9.17, 15) is 18.0 Å². The number of carbonyl (C=O) groups is 1. The Morgan fingerprint density at radius 1 is 1.15 bits per heavy atom. The average molecular weight is 562 g/mol. The predicted molar refractivity (Wildman–Crippen MR) is 148 cm³/mol. The smallest absolute Gasteiger partial charge is 0.417 e. The molecule has 0 amide bonds. The number of hydrogen-bond donors (Lipinski definition) is 1. The molecule has 0 heterocycles. The molecule has 210 valence electrons. The third kappa shape index (κ3) is 9.90. The summed E-state index contributed by atoms with van der Waals surface area (Å²) in [6.07, 6.45) is 3.91. The summed E-state index contributed by atoms with van der Waals surface area (Å²) in [4.78, 5) is 13.1. The number of rotatable bonds is 13. The van der Waals surface area contributed by atoms with E-state index in [1.54, 1.807) is 18.2 Å². The van der Waals surface area contributed by atoms with E-state index in [-0.39, 0.29) is 17.5 Å². The highest BCUT2D eigenvalue weighted by molar-refractivity contribution is 6.32. The first-order valence-corrected chi connectivity index (χ1v) is 13.5. The van der Waals surface area contributed by atoms with E-state index in [0.29, 0.717) is 55.4 Å². The van der Waals surface area contributed by atoms with Gasteiger partial charge in [-0.25, -0.2) is 4.79 Å². The summed E-state index contributed by atoms with van der Waals surface area (Å²) in [7, 11) is 0. The van der Waals surface area contributed by atoms with Gasteiger partial charge >= 0.3 is 12.1 Å². The Morgan fingerprint density at radius 2 is 1.90 bits per heavy atom. The Hall–Kier alpha value is -3.03. The topological polar surface area (TPSA) is 49.8 Å². The van der Waals surface area contributed by atoms with Gasteiger partial charge in [-0.1, -0.05) is 80.1 Å².